The van der Waals surface area contributed by atoms with Crippen LogP contribution >= 0.6 is 0 Å². The highest BCUT2D eigenvalue weighted by molar-refractivity contribution is 7.90. The van der Waals surface area contributed by atoms with Crippen molar-refractivity contribution in [3.8, 4) is 0 Å². The van der Waals surface area contributed by atoms with Crippen LogP contribution in [0.3, 0.4) is 0 Å². The Balaban J connectivity index is 1.67. The molecule has 0 spiro atoms. The zero-order valence-electron chi connectivity index (χ0n) is 12.0. The molecule has 114 valence electrons. The van der Waals surface area contributed by atoms with E-state index in [0.29, 0.717) is 23.6 Å². The number of benzene rings is 1. The third-order valence-corrected chi connectivity index (χ3v) is 5.01. The van der Waals surface area contributed by atoms with Gasteiger partial charge in [-0.2, -0.15) is 8.42 Å². The average Bonchev–Trinajstić information content (AvgIpc) is 2.99. The van der Waals surface area contributed by atoms with Crippen LogP contribution in [0.5, 0.6) is 0 Å². The van der Waals surface area contributed by atoms with Crippen molar-refractivity contribution < 1.29 is 8.42 Å². The van der Waals surface area contributed by atoms with E-state index >= 15 is 0 Å². The number of rotatable bonds is 5. The van der Waals surface area contributed by atoms with Gasteiger partial charge in [0.15, 0.2) is 0 Å². The van der Waals surface area contributed by atoms with E-state index in [4.69, 9.17) is 5.14 Å². The maximum absolute atomic E-state index is 11.1. The van der Waals surface area contributed by atoms with E-state index in [0.717, 1.165) is 11.6 Å². The van der Waals surface area contributed by atoms with Gasteiger partial charge < -0.3 is 5.32 Å². The standard InChI is InChI=1S/C15H21N3O2S/c1-10(15-8-11-5-6-12(15)7-11)17-13-3-2-4-14(9-13)18-21(16,19)20/h2-6,9-12,15,17-18H,7-8H2,1H3,(H2,16,19,20). The highest BCUT2D eigenvalue weighted by atomic mass is 32.2. The van der Waals surface area contributed by atoms with Gasteiger partial charge in [-0.3, -0.25) is 4.72 Å². The molecule has 1 aromatic carbocycles. The molecule has 2 aliphatic carbocycles. The number of nitrogens with two attached hydrogens (primary N) is 1. The van der Waals surface area contributed by atoms with Crippen molar-refractivity contribution in [1.82, 2.24) is 0 Å². The van der Waals surface area contributed by atoms with E-state index < -0.39 is 10.2 Å². The fraction of sp³-hybridized carbons (Fsp3) is 0.467. The lowest BCUT2D eigenvalue weighted by atomic mass is 9.87. The molecule has 5 nitrogen and oxygen atoms in total. The van der Waals surface area contributed by atoms with Gasteiger partial charge in [-0.25, -0.2) is 5.14 Å². The van der Waals surface area contributed by atoms with Crippen LogP contribution in [0.25, 0.3) is 0 Å². The Kier molecular flexibility index (Phi) is 3.67. The van der Waals surface area contributed by atoms with Crippen LogP contribution in [-0.2, 0) is 10.2 Å². The molecule has 4 atom stereocenters. The third-order valence-electron chi connectivity index (χ3n) is 4.49. The molecule has 2 aliphatic rings. The first-order valence-corrected chi connectivity index (χ1v) is 8.81. The van der Waals surface area contributed by atoms with Gasteiger partial charge in [-0.05, 0) is 55.7 Å². The van der Waals surface area contributed by atoms with Crippen LogP contribution in [0.4, 0.5) is 11.4 Å². The summed E-state index contributed by atoms with van der Waals surface area (Å²) < 4.78 is 24.4. The number of nitrogens with one attached hydrogen (secondary N) is 2. The van der Waals surface area contributed by atoms with Crippen LogP contribution in [-0.4, -0.2) is 14.5 Å². The normalized spacial score (nSPS) is 28.6. The molecule has 1 fully saturated rings. The number of hydrogen-bond acceptors (Lipinski definition) is 3. The molecule has 0 radical (unpaired) electrons. The predicted molar refractivity (Wildman–Crippen MR) is 85.1 cm³/mol. The minimum Gasteiger partial charge on any atom is -0.382 e. The molecule has 0 amide bonds. The Morgan fingerprint density at radius 2 is 2.00 bits per heavy atom. The average molecular weight is 307 g/mol. The highest BCUT2D eigenvalue weighted by Gasteiger charge is 2.38. The summed E-state index contributed by atoms with van der Waals surface area (Å²) in [6.45, 7) is 2.19. The number of allylic oxidation sites excluding steroid dienone is 2. The summed E-state index contributed by atoms with van der Waals surface area (Å²) in [4.78, 5) is 0. The fourth-order valence-corrected chi connectivity index (χ4v) is 4.06. The van der Waals surface area contributed by atoms with Crippen molar-refractivity contribution in [1.29, 1.82) is 0 Å². The lowest BCUT2D eigenvalue weighted by molar-refractivity contribution is 0.400. The first-order valence-electron chi connectivity index (χ1n) is 7.26. The van der Waals surface area contributed by atoms with Crippen LogP contribution < -0.4 is 15.2 Å². The maximum atomic E-state index is 11.1. The minimum absolute atomic E-state index is 0.356. The molecule has 2 bridgehead atoms. The maximum Gasteiger partial charge on any atom is 0.296 e. The number of hydrogen-bond donors (Lipinski definition) is 3. The lowest BCUT2D eigenvalue weighted by Crippen LogP contribution is -2.28. The van der Waals surface area contributed by atoms with Gasteiger partial charge in [0, 0.05) is 11.7 Å². The second kappa shape index (κ2) is 5.35. The van der Waals surface area contributed by atoms with Crippen LogP contribution in [0.2, 0.25) is 0 Å². The minimum atomic E-state index is -3.73. The van der Waals surface area contributed by atoms with Gasteiger partial charge >= 0.3 is 0 Å². The molecule has 3 rings (SSSR count). The van der Waals surface area contributed by atoms with Crippen molar-refractivity contribution in [2.45, 2.75) is 25.8 Å². The smallest absolute Gasteiger partial charge is 0.296 e. The zero-order chi connectivity index (χ0) is 15.0. The van der Waals surface area contributed by atoms with Crippen molar-refractivity contribution >= 4 is 21.6 Å². The van der Waals surface area contributed by atoms with Crippen LogP contribution in [0.1, 0.15) is 19.8 Å². The first-order chi connectivity index (χ1) is 9.90. The van der Waals surface area contributed by atoms with E-state index in [9.17, 15) is 8.42 Å². The Morgan fingerprint density at radius 1 is 1.24 bits per heavy atom. The third kappa shape index (κ3) is 3.39. The molecule has 0 aliphatic heterocycles. The van der Waals surface area contributed by atoms with E-state index in [-0.39, 0.29) is 0 Å². The van der Waals surface area contributed by atoms with Gasteiger partial charge in [0.1, 0.15) is 0 Å². The largest absolute Gasteiger partial charge is 0.382 e. The lowest BCUT2D eigenvalue weighted by Gasteiger charge is -2.27. The van der Waals surface area contributed by atoms with E-state index in [1.54, 1.807) is 12.1 Å². The van der Waals surface area contributed by atoms with Gasteiger partial charge in [0.25, 0.3) is 10.2 Å². The van der Waals surface area contributed by atoms with Gasteiger partial charge in [-0.1, -0.05) is 18.2 Å². The Bertz CT molecular complexity index is 657. The van der Waals surface area contributed by atoms with Gasteiger partial charge in [0.2, 0.25) is 0 Å². The first kappa shape index (κ1) is 14.4. The van der Waals surface area contributed by atoms with E-state index in [1.807, 2.05) is 12.1 Å². The Hall–Kier alpha value is -1.53. The summed E-state index contributed by atoms with van der Waals surface area (Å²) >= 11 is 0. The number of anilines is 2. The molecule has 4 N–H and O–H groups in total. The summed E-state index contributed by atoms with van der Waals surface area (Å²) in [5.74, 6) is 2.08. The van der Waals surface area contributed by atoms with Crippen molar-refractivity contribution in [3.05, 3.63) is 36.4 Å². The highest BCUT2D eigenvalue weighted by Crippen LogP contribution is 2.45. The van der Waals surface area contributed by atoms with E-state index in [2.05, 4.69) is 29.1 Å². The summed E-state index contributed by atoms with van der Waals surface area (Å²) in [5.41, 5.74) is 1.38. The fourth-order valence-electron chi connectivity index (χ4n) is 3.60. The molecular weight excluding hydrogens is 286 g/mol. The molecule has 0 heterocycles. The summed E-state index contributed by atoms with van der Waals surface area (Å²) in [7, 11) is -3.73. The van der Waals surface area contributed by atoms with E-state index in [1.165, 1.54) is 12.8 Å². The van der Waals surface area contributed by atoms with Gasteiger partial charge in [0.05, 0.1) is 5.69 Å². The molecule has 4 unspecified atom stereocenters. The molecule has 21 heavy (non-hydrogen) atoms. The van der Waals surface area contributed by atoms with Gasteiger partial charge in [-0.15, -0.1) is 0 Å². The second-order valence-corrected chi connectivity index (χ2v) is 7.40. The molecule has 1 saturated carbocycles. The van der Waals surface area contributed by atoms with Crippen LogP contribution in [0.15, 0.2) is 36.4 Å². The van der Waals surface area contributed by atoms with Crippen molar-refractivity contribution in [2.75, 3.05) is 10.0 Å². The molecular formula is C15H21N3O2S. The number of fused-ring (bicyclic) bond motifs is 2. The summed E-state index contributed by atoms with van der Waals surface area (Å²) in [5, 5.41) is 8.48. The Morgan fingerprint density at radius 3 is 2.62 bits per heavy atom. The molecule has 6 heteroatoms. The quantitative estimate of drug-likeness (QED) is 0.730. The molecule has 0 aromatic heterocycles. The van der Waals surface area contributed by atoms with Crippen molar-refractivity contribution in [2.24, 2.45) is 22.9 Å². The molecule has 0 saturated heterocycles. The predicted octanol–water partition coefficient (Wildman–Crippen LogP) is 2.31. The Labute approximate surface area is 125 Å². The molecule has 1 aromatic rings. The topological polar surface area (TPSA) is 84.2 Å². The monoisotopic (exact) mass is 307 g/mol. The summed E-state index contributed by atoms with van der Waals surface area (Å²) in [6.07, 6.45) is 7.20. The van der Waals surface area contributed by atoms with Crippen molar-refractivity contribution in [3.63, 3.8) is 0 Å². The SMILES string of the molecule is CC(Nc1cccc(NS(N)(=O)=O)c1)C1CC2C=CC1C2. The zero-order valence-corrected chi connectivity index (χ0v) is 12.8. The van der Waals surface area contributed by atoms with Crippen LogP contribution in [0, 0.1) is 17.8 Å². The second-order valence-electron chi connectivity index (χ2n) is 6.10. The summed E-state index contributed by atoms with van der Waals surface area (Å²) in [6, 6.07) is 7.55.